The molecule has 0 spiro atoms. The van der Waals surface area contributed by atoms with E-state index in [2.05, 4.69) is 44.1 Å². The maximum Gasteiger partial charge on any atom is 0.174 e. The number of aromatic nitrogens is 2. The number of halogens is 1. The number of hydrogen-bond acceptors (Lipinski definition) is 1. The van der Waals surface area contributed by atoms with Gasteiger partial charge in [0, 0.05) is 22.3 Å². The molecule has 1 heterocycles. The molecule has 1 aromatic heterocycles. The molecule has 1 unspecified atom stereocenters. The van der Waals surface area contributed by atoms with Gasteiger partial charge in [-0.1, -0.05) is 28.1 Å². The van der Waals surface area contributed by atoms with Gasteiger partial charge in [-0.15, -0.1) is 0 Å². The van der Waals surface area contributed by atoms with E-state index in [0.717, 1.165) is 12.8 Å². The molecule has 0 radical (unpaired) electrons. The lowest BCUT2D eigenvalue weighted by Crippen LogP contribution is -1.97. The first-order valence-corrected chi connectivity index (χ1v) is 6.48. The summed E-state index contributed by atoms with van der Waals surface area (Å²) in [5, 5.41) is 0. The molecule has 0 saturated carbocycles. The summed E-state index contributed by atoms with van der Waals surface area (Å²) in [6.07, 6.45) is 4.17. The molecule has 3 rings (SSSR count). The van der Waals surface area contributed by atoms with Crippen molar-refractivity contribution >= 4 is 28.1 Å². The number of hydrogen-bond donors (Lipinski definition) is 2. The molecule has 0 saturated heterocycles. The first-order chi connectivity index (χ1) is 7.74. The molecular formula is C12H11BrN2S. The number of fused-ring (bicyclic) bond motifs is 1. The summed E-state index contributed by atoms with van der Waals surface area (Å²) in [7, 11) is 0. The van der Waals surface area contributed by atoms with Gasteiger partial charge in [0.2, 0.25) is 0 Å². The largest absolute Gasteiger partial charge is 0.337 e. The topological polar surface area (TPSA) is 31.6 Å². The average molecular weight is 295 g/mol. The van der Waals surface area contributed by atoms with Crippen molar-refractivity contribution in [1.82, 2.24) is 9.97 Å². The minimum Gasteiger partial charge on any atom is -0.337 e. The van der Waals surface area contributed by atoms with Gasteiger partial charge >= 0.3 is 0 Å². The van der Waals surface area contributed by atoms with Crippen molar-refractivity contribution < 1.29 is 0 Å². The summed E-state index contributed by atoms with van der Waals surface area (Å²) in [6.45, 7) is 0. The van der Waals surface area contributed by atoms with Gasteiger partial charge < -0.3 is 9.97 Å². The lowest BCUT2D eigenvalue weighted by molar-refractivity contribution is 0.718. The lowest BCUT2D eigenvalue weighted by Gasteiger charge is -2.04. The lowest BCUT2D eigenvalue weighted by atomic mass is 10.0. The van der Waals surface area contributed by atoms with Crippen LogP contribution in [0.15, 0.2) is 28.9 Å². The van der Waals surface area contributed by atoms with E-state index in [9.17, 15) is 0 Å². The summed E-state index contributed by atoms with van der Waals surface area (Å²) in [5.74, 6) is 0.529. The average Bonchev–Trinajstić information content (AvgIpc) is 2.84. The number of imidazole rings is 1. The monoisotopic (exact) mass is 294 g/mol. The van der Waals surface area contributed by atoms with Crippen molar-refractivity contribution in [2.24, 2.45) is 0 Å². The second-order valence-electron chi connectivity index (χ2n) is 4.18. The van der Waals surface area contributed by atoms with E-state index in [4.69, 9.17) is 12.2 Å². The Kier molecular flexibility index (Phi) is 2.48. The Morgan fingerprint density at radius 1 is 1.31 bits per heavy atom. The van der Waals surface area contributed by atoms with Crippen LogP contribution in [0, 0.1) is 4.77 Å². The molecule has 0 aliphatic heterocycles. The van der Waals surface area contributed by atoms with Gasteiger partial charge in [-0.2, -0.15) is 0 Å². The van der Waals surface area contributed by atoms with Gasteiger partial charge in [0.05, 0.1) is 0 Å². The summed E-state index contributed by atoms with van der Waals surface area (Å²) in [5.41, 5.74) is 4.10. The van der Waals surface area contributed by atoms with Crippen molar-refractivity contribution in [3.05, 3.63) is 50.5 Å². The Morgan fingerprint density at radius 3 is 2.88 bits per heavy atom. The number of nitrogens with one attached hydrogen (secondary N) is 2. The zero-order chi connectivity index (χ0) is 11.1. The summed E-state index contributed by atoms with van der Waals surface area (Å²) in [4.78, 5) is 6.25. The van der Waals surface area contributed by atoms with E-state index in [1.54, 1.807) is 0 Å². The van der Waals surface area contributed by atoms with Crippen LogP contribution >= 0.6 is 28.1 Å². The van der Waals surface area contributed by atoms with Crippen LogP contribution in [-0.2, 0) is 12.8 Å². The molecule has 16 heavy (non-hydrogen) atoms. The molecule has 1 aliphatic carbocycles. The first kappa shape index (κ1) is 10.3. The van der Waals surface area contributed by atoms with Crippen LogP contribution in [0.3, 0.4) is 0 Å². The molecule has 2 aromatic rings. The molecule has 1 aliphatic rings. The molecule has 82 valence electrons. The van der Waals surface area contributed by atoms with Gasteiger partial charge in [-0.05, 0) is 42.3 Å². The number of benzene rings is 1. The molecule has 2 nitrogen and oxygen atoms in total. The van der Waals surface area contributed by atoms with E-state index >= 15 is 0 Å². The Bertz CT molecular complexity index is 585. The van der Waals surface area contributed by atoms with Crippen molar-refractivity contribution in [3.63, 3.8) is 0 Å². The van der Waals surface area contributed by atoms with Crippen LogP contribution in [0.5, 0.6) is 0 Å². The zero-order valence-corrected chi connectivity index (χ0v) is 11.0. The Hall–Kier alpha value is -0.870. The molecule has 0 bridgehead atoms. The second kappa shape index (κ2) is 3.86. The molecule has 2 N–H and O–H groups in total. The van der Waals surface area contributed by atoms with Gasteiger partial charge in [0.15, 0.2) is 4.77 Å². The third-order valence-corrected chi connectivity index (χ3v) is 4.15. The maximum atomic E-state index is 5.06. The number of rotatable bonds is 1. The highest BCUT2D eigenvalue weighted by atomic mass is 79.9. The minimum absolute atomic E-state index is 0.529. The standard InChI is InChI=1S/C12H11BrN2S/c13-10-3-1-2-7-4-8(5-9(7)10)11-6-14-12(16)15-11/h1-3,6,8H,4-5H2,(H2,14,15,16). The van der Waals surface area contributed by atoms with Crippen LogP contribution in [-0.4, -0.2) is 9.97 Å². The third kappa shape index (κ3) is 1.66. The smallest absolute Gasteiger partial charge is 0.174 e. The van der Waals surface area contributed by atoms with Crippen molar-refractivity contribution in [2.45, 2.75) is 18.8 Å². The van der Waals surface area contributed by atoms with Crippen molar-refractivity contribution in [3.8, 4) is 0 Å². The predicted octanol–water partition coefficient (Wildman–Crippen LogP) is 3.72. The predicted molar refractivity (Wildman–Crippen MR) is 70.3 cm³/mol. The van der Waals surface area contributed by atoms with Crippen LogP contribution in [0.1, 0.15) is 22.7 Å². The van der Waals surface area contributed by atoms with Gasteiger partial charge in [-0.25, -0.2) is 0 Å². The summed E-state index contributed by atoms with van der Waals surface area (Å²) < 4.78 is 1.94. The van der Waals surface area contributed by atoms with Gasteiger partial charge in [-0.3, -0.25) is 0 Å². The SMILES string of the molecule is S=c1[nH]cc(C2Cc3cccc(Br)c3C2)[nH]1. The normalized spacial score (nSPS) is 18.7. The fraction of sp³-hybridized carbons (Fsp3) is 0.250. The minimum atomic E-state index is 0.529. The quantitative estimate of drug-likeness (QED) is 0.772. The van der Waals surface area contributed by atoms with Crippen LogP contribution in [0.4, 0.5) is 0 Å². The molecular weight excluding hydrogens is 284 g/mol. The number of aromatic amines is 2. The molecule has 1 aromatic carbocycles. The Balaban J connectivity index is 1.96. The first-order valence-electron chi connectivity index (χ1n) is 5.28. The van der Waals surface area contributed by atoms with E-state index in [-0.39, 0.29) is 0 Å². The van der Waals surface area contributed by atoms with Crippen molar-refractivity contribution in [2.75, 3.05) is 0 Å². The molecule has 1 atom stereocenters. The highest BCUT2D eigenvalue weighted by Gasteiger charge is 2.25. The Morgan fingerprint density at radius 2 is 2.19 bits per heavy atom. The van der Waals surface area contributed by atoms with E-state index in [1.807, 2.05) is 6.20 Å². The summed E-state index contributed by atoms with van der Waals surface area (Å²) >= 11 is 8.67. The molecule has 0 amide bonds. The third-order valence-electron chi connectivity index (χ3n) is 3.19. The summed E-state index contributed by atoms with van der Waals surface area (Å²) in [6, 6.07) is 6.42. The molecule has 4 heteroatoms. The fourth-order valence-corrected chi connectivity index (χ4v) is 3.14. The molecule has 0 fully saturated rings. The number of H-pyrrole nitrogens is 2. The van der Waals surface area contributed by atoms with E-state index in [0.29, 0.717) is 10.7 Å². The van der Waals surface area contributed by atoms with Gasteiger partial charge in [0.25, 0.3) is 0 Å². The van der Waals surface area contributed by atoms with Crippen LogP contribution in [0.2, 0.25) is 0 Å². The van der Waals surface area contributed by atoms with Crippen molar-refractivity contribution in [1.29, 1.82) is 0 Å². The van der Waals surface area contributed by atoms with Gasteiger partial charge in [0.1, 0.15) is 0 Å². The van der Waals surface area contributed by atoms with E-state index in [1.165, 1.54) is 21.3 Å². The Labute approximate surface area is 107 Å². The highest BCUT2D eigenvalue weighted by molar-refractivity contribution is 9.10. The maximum absolute atomic E-state index is 5.06. The highest BCUT2D eigenvalue weighted by Crippen LogP contribution is 2.36. The second-order valence-corrected chi connectivity index (χ2v) is 5.44. The fourth-order valence-electron chi connectivity index (χ4n) is 2.39. The zero-order valence-electron chi connectivity index (χ0n) is 8.59. The van der Waals surface area contributed by atoms with Crippen LogP contribution < -0.4 is 0 Å². The van der Waals surface area contributed by atoms with E-state index < -0.39 is 0 Å². The van der Waals surface area contributed by atoms with Crippen LogP contribution in [0.25, 0.3) is 0 Å².